The third kappa shape index (κ3) is 8.35. The fourth-order valence-electron chi connectivity index (χ4n) is 2.09. The summed E-state index contributed by atoms with van der Waals surface area (Å²) < 4.78 is 0. The second kappa shape index (κ2) is 9.45. The number of rotatable bonds is 10. The molecule has 0 aliphatic heterocycles. The summed E-state index contributed by atoms with van der Waals surface area (Å²) in [6.07, 6.45) is 5.26. The van der Waals surface area contributed by atoms with Crippen LogP contribution in [-0.2, 0) is 6.54 Å². The van der Waals surface area contributed by atoms with Crippen LogP contribution in [0.25, 0.3) is 0 Å². The molecule has 19 heavy (non-hydrogen) atoms. The van der Waals surface area contributed by atoms with Crippen molar-refractivity contribution in [3.05, 3.63) is 16.1 Å². The fourth-order valence-corrected chi connectivity index (χ4v) is 2.69. The van der Waals surface area contributed by atoms with E-state index in [1.807, 2.05) is 0 Å². The van der Waals surface area contributed by atoms with E-state index in [0.29, 0.717) is 6.04 Å². The Hall–Kier alpha value is -0.450. The van der Waals surface area contributed by atoms with Crippen molar-refractivity contribution >= 4 is 11.3 Å². The Kier molecular flexibility index (Phi) is 8.26. The normalized spacial score (nSPS) is 11.7. The largest absolute Gasteiger partial charge is 0.315 e. The zero-order valence-electron chi connectivity index (χ0n) is 12.9. The van der Waals surface area contributed by atoms with Crippen LogP contribution in [0.4, 0.5) is 0 Å². The molecule has 0 aliphatic rings. The van der Waals surface area contributed by atoms with Crippen LogP contribution in [0.5, 0.6) is 0 Å². The first-order chi connectivity index (χ1) is 9.08. The molecule has 3 nitrogen and oxygen atoms in total. The molecule has 1 aromatic rings. The predicted octanol–water partition coefficient (Wildman–Crippen LogP) is 3.44. The quantitative estimate of drug-likeness (QED) is 0.667. The van der Waals surface area contributed by atoms with Crippen LogP contribution in [0.15, 0.2) is 5.38 Å². The minimum Gasteiger partial charge on any atom is -0.315 e. The summed E-state index contributed by atoms with van der Waals surface area (Å²) in [5.74, 6) is 0. The summed E-state index contributed by atoms with van der Waals surface area (Å²) in [5.41, 5.74) is 1.21. The summed E-state index contributed by atoms with van der Waals surface area (Å²) >= 11 is 1.74. The Labute approximate surface area is 122 Å². The van der Waals surface area contributed by atoms with E-state index < -0.39 is 0 Å². The van der Waals surface area contributed by atoms with Crippen LogP contribution in [0.2, 0.25) is 0 Å². The third-order valence-corrected chi connectivity index (χ3v) is 3.94. The fraction of sp³-hybridized carbons (Fsp3) is 0.800. The Balaban J connectivity index is 1.97. The van der Waals surface area contributed by atoms with Gasteiger partial charge in [-0.3, -0.25) is 0 Å². The molecule has 1 N–H and O–H groups in total. The number of unbranched alkanes of at least 4 members (excludes halogenated alkanes) is 3. The van der Waals surface area contributed by atoms with Gasteiger partial charge in [0, 0.05) is 18.0 Å². The van der Waals surface area contributed by atoms with Crippen LogP contribution < -0.4 is 5.32 Å². The molecule has 0 saturated carbocycles. The Morgan fingerprint density at radius 1 is 1.26 bits per heavy atom. The maximum atomic E-state index is 4.50. The zero-order valence-corrected chi connectivity index (χ0v) is 13.7. The van der Waals surface area contributed by atoms with Crippen molar-refractivity contribution in [2.24, 2.45) is 0 Å². The second-order valence-corrected chi connectivity index (χ2v) is 6.68. The number of thiazole rings is 1. The van der Waals surface area contributed by atoms with Gasteiger partial charge in [-0.2, -0.15) is 0 Å². The van der Waals surface area contributed by atoms with Crippen LogP contribution in [0.1, 0.15) is 50.2 Å². The second-order valence-electron chi connectivity index (χ2n) is 5.62. The molecule has 0 aromatic carbocycles. The van der Waals surface area contributed by atoms with E-state index in [4.69, 9.17) is 0 Å². The Morgan fingerprint density at radius 3 is 2.63 bits per heavy atom. The minimum absolute atomic E-state index is 0.618. The van der Waals surface area contributed by atoms with Gasteiger partial charge in [-0.1, -0.05) is 26.7 Å². The molecule has 0 atom stereocenters. The lowest BCUT2D eigenvalue weighted by Gasteiger charge is -2.15. The molecule has 0 bridgehead atoms. The summed E-state index contributed by atoms with van der Waals surface area (Å²) in [5, 5.41) is 6.80. The standard InChI is InChI=1S/C15H29N3S/c1-13(2)16-9-7-5-6-8-10-18(4)11-15-12-19-14(3)17-15/h12-13,16H,5-11H2,1-4H3. The first kappa shape index (κ1) is 16.6. The van der Waals surface area contributed by atoms with Crippen LogP contribution >= 0.6 is 11.3 Å². The van der Waals surface area contributed by atoms with Crippen LogP contribution in [-0.4, -0.2) is 36.1 Å². The summed E-state index contributed by atoms with van der Waals surface area (Å²) in [4.78, 5) is 6.88. The summed E-state index contributed by atoms with van der Waals surface area (Å²) in [6, 6.07) is 0.618. The van der Waals surface area contributed by atoms with Gasteiger partial charge in [-0.15, -0.1) is 11.3 Å². The smallest absolute Gasteiger partial charge is 0.0897 e. The molecule has 0 saturated heterocycles. The van der Waals surface area contributed by atoms with Gasteiger partial charge in [0.2, 0.25) is 0 Å². The van der Waals surface area contributed by atoms with Gasteiger partial charge in [-0.05, 0) is 39.9 Å². The van der Waals surface area contributed by atoms with Gasteiger partial charge in [0.25, 0.3) is 0 Å². The van der Waals surface area contributed by atoms with E-state index in [-0.39, 0.29) is 0 Å². The molecule has 110 valence electrons. The number of hydrogen-bond acceptors (Lipinski definition) is 4. The first-order valence-corrected chi connectivity index (χ1v) is 8.29. The lowest BCUT2D eigenvalue weighted by Crippen LogP contribution is -2.23. The molecular weight excluding hydrogens is 254 g/mol. The average Bonchev–Trinajstić information content (AvgIpc) is 2.73. The van der Waals surface area contributed by atoms with E-state index >= 15 is 0 Å². The van der Waals surface area contributed by atoms with Crippen molar-refractivity contribution in [1.29, 1.82) is 0 Å². The maximum absolute atomic E-state index is 4.50. The highest BCUT2D eigenvalue weighted by Gasteiger charge is 2.03. The minimum atomic E-state index is 0.618. The molecule has 0 radical (unpaired) electrons. The topological polar surface area (TPSA) is 28.2 Å². The number of hydrogen-bond donors (Lipinski definition) is 1. The average molecular weight is 283 g/mol. The number of nitrogens with zero attached hydrogens (tertiary/aromatic N) is 2. The van der Waals surface area contributed by atoms with Crippen LogP contribution in [0, 0.1) is 6.92 Å². The van der Waals surface area contributed by atoms with Gasteiger partial charge in [0.1, 0.15) is 0 Å². The molecule has 1 heterocycles. The number of aryl methyl sites for hydroxylation is 1. The third-order valence-electron chi connectivity index (χ3n) is 3.12. The van der Waals surface area contributed by atoms with Crippen molar-refractivity contribution < 1.29 is 0 Å². The van der Waals surface area contributed by atoms with Gasteiger partial charge in [0.15, 0.2) is 0 Å². The monoisotopic (exact) mass is 283 g/mol. The first-order valence-electron chi connectivity index (χ1n) is 7.41. The van der Waals surface area contributed by atoms with Gasteiger partial charge < -0.3 is 10.2 Å². The summed E-state index contributed by atoms with van der Waals surface area (Å²) in [7, 11) is 2.19. The molecule has 1 rings (SSSR count). The van der Waals surface area contributed by atoms with Gasteiger partial charge >= 0.3 is 0 Å². The highest BCUT2D eigenvalue weighted by Crippen LogP contribution is 2.10. The van der Waals surface area contributed by atoms with Gasteiger partial charge in [-0.25, -0.2) is 4.98 Å². The number of aromatic nitrogens is 1. The van der Waals surface area contributed by atoms with Crippen molar-refractivity contribution in [1.82, 2.24) is 15.2 Å². The molecule has 0 unspecified atom stereocenters. The molecule has 0 aliphatic carbocycles. The molecule has 0 spiro atoms. The maximum Gasteiger partial charge on any atom is 0.0897 e. The van der Waals surface area contributed by atoms with Crippen molar-refractivity contribution in [2.75, 3.05) is 20.1 Å². The highest BCUT2D eigenvalue weighted by atomic mass is 32.1. The van der Waals surface area contributed by atoms with E-state index in [0.717, 1.165) is 13.1 Å². The lowest BCUT2D eigenvalue weighted by molar-refractivity contribution is 0.313. The van der Waals surface area contributed by atoms with Crippen molar-refractivity contribution in [3.8, 4) is 0 Å². The Bertz CT molecular complexity index is 336. The zero-order chi connectivity index (χ0) is 14.1. The predicted molar refractivity (Wildman–Crippen MR) is 84.8 cm³/mol. The van der Waals surface area contributed by atoms with Crippen molar-refractivity contribution in [2.45, 2.75) is 59.0 Å². The van der Waals surface area contributed by atoms with E-state index in [2.05, 4.69) is 48.4 Å². The lowest BCUT2D eigenvalue weighted by atomic mass is 10.2. The van der Waals surface area contributed by atoms with E-state index in [9.17, 15) is 0 Å². The molecular formula is C15H29N3S. The van der Waals surface area contributed by atoms with E-state index in [1.165, 1.54) is 42.9 Å². The highest BCUT2D eigenvalue weighted by molar-refractivity contribution is 7.09. The van der Waals surface area contributed by atoms with Crippen molar-refractivity contribution in [3.63, 3.8) is 0 Å². The Morgan fingerprint density at radius 2 is 2.00 bits per heavy atom. The molecule has 0 amide bonds. The molecule has 1 aromatic heterocycles. The number of nitrogens with one attached hydrogen (secondary N) is 1. The van der Waals surface area contributed by atoms with E-state index in [1.54, 1.807) is 11.3 Å². The molecule has 0 fully saturated rings. The van der Waals surface area contributed by atoms with Crippen LogP contribution in [0.3, 0.4) is 0 Å². The molecule has 4 heteroatoms. The summed E-state index contributed by atoms with van der Waals surface area (Å²) in [6.45, 7) is 9.79. The van der Waals surface area contributed by atoms with Gasteiger partial charge in [0.05, 0.1) is 10.7 Å². The SMILES string of the molecule is Cc1nc(CN(C)CCCCCCNC(C)C)cs1.